The van der Waals surface area contributed by atoms with Crippen LogP contribution in [0.5, 0.6) is 0 Å². The van der Waals surface area contributed by atoms with Crippen molar-refractivity contribution >= 4 is 34.6 Å². The van der Waals surface area contributed by atoms with Crippen LogP contribution in [-0.2, 0) is 6.42 Å². The van der Waals surface area contributed by atoms with E-state index in [-0.39, 0.29) is 11.6 Å². The number of aromatic nitrogens is 1. The molecule has 0 bridgehead atoms. The number of hydrogen-bond donors (Lipinski definition) is 2. The van der Waals surface area contributed by atoms with Crippen molar-refractivity contribution in [3.05, 3.63) is 44.9 Å². The molecular formula is C14H15ClN2O2S. The van der Waals surface area contributed by atoms with E-state index in [1.165, 1.54) is 10.9 Å². The molecule has 1 aromatic carbocycles. The summed E-state index contributed by atoms with van der Waals surface area (Å²) in [7, 11) is 0. The van der Waals surface area contributed by atoms with Gasteiger partial charge in [-0.15, -0.1) is 11.3 Å². The van der Waals surface area contributed by atoms with Gasteiger partial charge in [0, 0.05) is 21.8 Å². The third kappa shape index (κ3) is 3.29. The van der Waals surface area contributed by atoms with E-state index >= 15 is 0 Å². The van der Waals surface area contributed by atoms with Crippen LogP contribution >= 0.6 is 22.9 Å². The number of aromatic carboxylic acids is 1. The molecule has 0 aliphatic carbocycles. The summed E-state index contributed by atoms with van der Waals surface area (Å²) in [6.45, 7) is 4.04. The predicted molar refractivity (Wildman–Crippen MR) is 81.9 cm³/mol. The summed E-state index contributed by atoms with van der Waals surface area (Å²) >= 11 is 7.47. The molecule has 0 amide bonds. The van der Waals surface area contributed by atoms with Gasteiger partial charge in [0.2, 0.25) is 0 Å². The smallest absolute Gasteiger partial charge is 0.337 e. The molecule has 0 fully saturated rings. The molecule has 1 atom stereocenters. The summed E-state index contributed by atoms with van der Waals surface area (Å²) in [5.41, 5.74) is 0.708. The third-order valence-electron chi connectivity index (χ3n) is 2.87. The van der Waals surface area contributed by atoms with Crippen LogP contribution in [0, 0.1) is 0 Å². The monoisotopic (exact) mass is 310 g/mol. The number of hydrogen-bond acceptors (Lipinski definition) is 4. The number of anilines is 1. The minimum Gasteiger partial charge on any atom is -0.478 e. The summed E-state index contributed by atoms with van der Waals surface area (Å²) in [5.74, 6) is -1.00. The first-order chi connectivity index (χ1) is 9.51. The van der Waals surface area contributed by atoms with Gasteiger partial charge >= 0.3 is 5.97 Å². The number of thiazole rings is 1. The van der Waals surface area contributed by atoms with Crippen molar-refractivity contribution in [1.29, 1.82) is 0 Å². The van der Waals surface area contributed by atoms with E-state index < -0.39 is 5.97 Å². The number of aryl methyl sites for hydroxylation is 1. The minimum atomic E-state index is -1.00. The zero-order valence-corrected chi connectivity index (χ0v) is 12.8. The van der Waals surface area contributed by atoms with E-state index in [0.29, 0.717) is 10.7 Å². The molecular weight excluding hydrogens is 296 g/mol. The Morgan fingerprint density at radius 2 is 2.30 bits per heavy atom. The molecule has 2 aromatic rings. The normalized spacial score (nSPS) is 12.2. The number of nitrogens with zero attached hydrogens (tertiary/aromatic N) is 1. The zero-order chi connectivity index (χ0) is 14.7. The average Bonchev–Trinajstić information content (AvgIpc) is 2.89. The molecule has 6 heteroatoms. The fourth-order valence-electron chi connectivity index (χ4n) is 1.80. The summed E-state index contributed by atoms with van der Waals surface area (Å²) < 4.78 is 0. The Balaban J connectivity index is 2.23. The first kappa shape index (κ1) is 14.8. The van der Waals surface area contributed by atoms with Crippen molar-refractivity contribution in [2.45, 2.75) is 26.3 Å². The molecule has 1 aromatic heterocycles. The molecule has 4 nitrogen and oxygen atoms in total. The predicted octanol–water partition coefficient (Wildman–Crippen LogP) is 4.23. The van der Waals surface area contributed by atoms with Crippen LogP contribution in [0.1, 0.15) is 40.1 Å². The molecule has 0 radical (unpaired) electrons. The van der Waals surface area contributed by atoms with Crippen molar-refractivity contribution in [2.75, 3.05) is 5.32 Å². The summed E-state index contributed by atoms with van der Waals surface area (Å²) in [4.78, 5) is 16.8. The average molecular weight is 311 g/mol. The number of carbonyl (C=O) groups is 1. The summed E-state index contributed by atoms with van der Waals surface area (Å²) in [6, 6.07) is 4.73. The number of halogens is 1. The van der Waals surface area contributed by atoms with Gasteiger partial charge in [0.05, 0.1) is 11.6 Å². The lowest BCUT2D eigenvalue weighted by Crippen LogP contribution is -2.10. The Kier molecular flexibility index (Phi) is 4.62. The lowest BCUT2D eigenvalue weighted by molar-refractivity contribution is 0.0698. The van der Waals surface area contributed by atoms with E-state index in [2.05, 4.69) is 17.2 Å². The summed E-state index contributed by atoms with van der Waals surface area (Å²) in [5, 5.41) is 13.7. The van der Waals surface area contributed by atoms with Crippen LogP contribution in [-0.4, -0.2) is 16.1 Å². The Labute approximate surface area is 126 Å². The van der Waals surface area contributed by atoms with E-state index in [9.17, 15) is 9.90 Å². The van der Waals surface area contributed by atoms with E-state index in [1.807, 2.05) is 13.1 Å². The molecule has 106 valence electrons. The first-order valence-electron chi connectivity index (χ1n) is 6.25. The zero-order valence-electron chi connectivity index (χ0n) is 11.2. The van der Waals surface area contributed by atoms with E-state index in [1.54, 1.807) is 23.5 Å². The standard InChI is InChI=1S/C14H15ClN2O2S/c1-3-10-7-16-13(20-10)8(2)17-12-5-4-9(15)6-11(12)14(18)19/h4-8,17H,3H2,1-2H3,(H,18,19). The van der Waals surface area contributed by atoms with Gasteiger partial charge in [0.25, 0.3) is 0 Å². The topological polar surface area (TPSA) is 62.2 Å². The maximum atomic E-state index is 11.2. The SMILES string of the molecule is CCc1cnc(C(C)Nc2ccc(Cl)cc2C(=O)O)s1. The fraction of sp³-hybridized carbons (Fsp3) is 0.286. The van der Waals surface area contributed by atoms with Crippen LogP contribution < -0.4 is 5.32 Å². The van der Waals surface area contributed by atoms with E-state index in [0.717, 1.165) is 11.4 Å². The van der Waals surface area contributed by atoms with Crippen LogP contribution in [0.4, 0.5) is 5.69 Å². The second-order valence-electron chi connectivity index (χ2n) is 4.38. The molecule has 2 rings (SSSR count). The van der Waals surface area contributed by atoms with Crippen LogP contribution in [0.3, 0.4) is 0 Å². The highest BCUT2D eigenvalue weighted by atomic mass is 35.5. The molecule has 1 unspecified atom stereocenters. The number of benzene rings is 1. The van der Waals surface area contributed by atoms with Crippen molar-refractivity contribution < 1.29 is 9.90 Å². The Morgan fingerprint density at radius 3 is 2.90 bits per heavy atom. The minimum absolute atomic E-state index is 0.0559. The maximum Gasteiger partial charge on any atom is 0.337 e. The number of rotatable bonds is 5. The third-order valence-corrected chi connectivity index (χ3v) is 4.43. The number of nitrogens with one attached hydrogen (secondary N) is 1. The van der Waals surface area contributed by atoms with Gasteiger partial charge in [-0.2, -0.15) is 0 Å². The lowest BCUT2D eigenvalue weighted by Gasteiger charge is -2.15. The van der Waals surface area contributed by atoms with Gasteiger partial charge in [-0.05, 0) is 31.5 Å². The maximum absolute atomic E-state index is 11.2. The molecule has 0 spiro atoms. The second kappa shape index (κ2) is 6.24. The second-order valence-corrected chi connectivity index (χ2v) is 5.96. The molecule has 0 saturated carbocycles. The molecule has 20 heavy (non-hydrogen) atoms. The number of carboxylic acid groups (broad SMARTS) is 1. The van der Waals surface area contributed by atoms with Gasteiger partial charge in [-0.3, -0.25) is 0 Å². The van der Waals surface area contributed by atoms with Gasteiger partial charge in [0.1, 0.15) is 5.01 Å². The highest BCUT2D eigenvalue weighted by Crippen LogP contribution is 2.27. The van der Waals surface area contributed by atoms with Crippen LogP contribution in [0.25, 0.3) is 0 Å². The van der Waals surface area contributed by atoms with E-state index in [4.69, 9.17) is 11.6 Å². The van der Waals surface area contributed by atoms with Crippen molar-refractivity contribution in [1.82, 2.24) is 4.98 Å². The van der Waals surface area contributed by atoms with Crippen molar-refractivity contribution in [3.8, 4) is 0 Å². The fourth-order valence-corrected chi connectivity index (χ4v) is 2.83. The lowest BCUT2D eigenvalue weighted by atomic mass is 10.1. The molecule has 1 heterocycles. The highest BCUT2D eigenvalue weighted by molar-refractivity contribution is 7.11. The number of carboxylic acids is 1. The van der Waals surface area contributed by atoms with Crippen molar-refractivity contribution in [2.24, 2.45) is 0 Å². The Morgan fingerprint density at radius 1 is 1.55 bits per heavy atom. The Bertz CT molecular complexity index is 627. The van der Waals surface area contributed by atoms with Crippen LogP contribution in [0.15, 0.2) is 24.4 Å². The molecule has 0 aliphatic rings. The summed E-state index contributed by atoms with van der Waals surface area (Å²) in [6.07, 6.45) is 2.81. The largest absolute Gasteiger partial charge is 0.478 e. The first-order valence-corrected chi connectivity index (χ1v) is 7.44. The molecule has 0 aliphatic heterocycles. The quantitative estimate of drug-likeness (QED) is 0.867. The highest BCUT2D eigenvalue weighted by Gasteiger charge is 2.15. The van der Waals surface area contributed by atoms with Crippen LogP contribution in [0.2, 0.25) is 5.02 Å². The Hall–Kier alpha value is -1.59. The van der Waals surface area contributed by atoms with Crippen molar-refractivity contribution in [3.63, 3.8) is 0 Å². The van der Waals surface area contributed by atoms with Gasteiger partial charge in [0.15, 0.2) is 0 Å². The van der Waals surface area contributed by atoms with Gasteiger partial charge in [-0.1, -0.05) is 18.5 Å². The molecule has 2 N–H and O–H groups in total. The molecule has 0 saturated heterocycles. The van der Waals surface area contributed by atoms with Gasteiger partial charge < -0.3 is 10.4 Å². The van der Waals surface area contributed by atoms with Gasteiger partial charge in [-0.25, -0.2) is 9.78 Å².